The van der Waals surface area contributed by atoms with E-state index in [1.54, 1.807) is 0 Å². The number of hydrogen-bond donors (Lipinski definition) is 1. The van der Waals surface area contributed by atoms with E-state index in [0.29, 0.717) is 6.54 Å². The molecule has 1 atom stereocenters. The summed E-state index contributed by atoms with van der Waals surface area (Å²) in [6.07, 6.45) is 1.69. The van der Waals surface area contributed by atoms with Crippen LogP contribution in [0.5, 0.6) is 0 Å². The molecule has 2 rings (SSSR count). The largest absolute Gasteiger partial charge is 0.330 e. The SMILES string of the molecule is CCc1nn(CC)c(CC(CN)c2ccc(F)cc2)c1Br. The lowest BCUT2D eigenvalue weighted by Crippen LogP contribution is -2.17. The van der Waals surface area contributed by atoms with E-state index in [1.165, 1.54) is 12.1 Å². The molecule has 0 saturated carbocycles. The maximum absolute atomic E-state index is 13.1. The Kier molecular flexibility index (Phi) is 5.53. The van der Waals surface area contributed by atoms with Crippen LogP contribution in [0.2, 0.25) is 0 Å². The molecule has 0 spiro atoms. The van der Waals surface area contributed by atoms with E-state index < -0.39 is 0 Å². The minimum Gasteiger partial charge on any atom is -0.330 e. The first-order valence-electron chi connectivity index (χ1n) is 7.30. The molecule has 1 unspecified atom stereocenters. The van der Waals surface area contributed by atoms with Crippen molar-refractivity contribution in [3.8, 4) is 0 Å². The Morgan fingerprint density at radius 1 is 1.29 bits per heavy atom. The zero-order valence-electron chi connectivity index (χ0n) is 12.4. The molecule has 1 aromatic carbocycles. The van der Waals surface area contributed by atoms with Gasteiger partial charge in [-0.15, -0.1) is 0 Å². The molecular weight excluding hydrogens is 333 g/mol. The molecule has 0 bridgehead atoms. The molecule has 0 amide bonds. The second-order valence-electron chi connectivity index (χ2n) is 5.06. The molecule has 2 N–H and O–H groups in total. The number of nitrogens with two attached hydrogens (primary N) is 1. The number of benzene rings is 1. The van der Waals surface area contributed by atoms with Crippen LogP contribution in [-0.4, -0.2) is 16.3 Å². The van der Waals surface area contributed by atoms with Crippen LogP contribution in [0, 0.1) is 5.82 Å². The Morgan fingerprint density at radius 2 is 1.95 bits per heavy atom. The normalized spacial score (nSPS) is 12.6. The number of aryl methyl sites for hydroxylation is 2. The highest BCUT2D eigenvalue weighted by Gasteiger charge is 2.19. The molecule has 1 aromatic heterocycles. The predicted octanol–water partition coefficient (Wildman–Crippen LogP) is 3.65. The van der Waals surface area contributed by atoms with Gasteiger partial charge >= 0.3 is 0 Å². The Hall–Kier alpha value is -1.20. The van der Waals surface area contributed by atoms with Gasteiger partial charge < -0.3 is 5.73 Å². The number of hydrogen-bond acceptors (Lipinski definition) is 2. The Bertz CT molecular complexity index is 592. The number of nitrogens with zero attached hydrogens (tertiary/aromatic N) is 2. The van der Waals surface area contributed by atoms with Crippen LogP contribution in [0.15, 0.2) is 28.7 Å². The summed E-state index contributed by atoms with van der Waals surface area (Å²) in [7, 11) is 0. The summed E-state index contributed by atoms with van der Waals surface area (Å²) in [5.74, 6) is -0.0591. The highest BCUT2D eigenvalue weighted by molar-refractivity contribution is 9.10. The van der Waals surface area contributed by atoms with Crippen LogP contribution < -0.4 is 5.73 Å². The molecule has 0 aliphatic heterocycles. The fourth-order valence-electron chi connectivity index (χ4n) is 2.52. The van der Waals surface area contributed by atoms with E-state index in [-0.39, 0.29) is 11.7 Å². The Morgan fingerprint density at radius 3 is 2.48 bits per heavy atom. The lowest BCUT2D eigenvalue weighted by Gasteiger charge is -2.16. The molecule has 0 aliphatic rings. The monoisotopic (exact) mass is 353 g/mol. The number of halogens is 2. The van der Waals surface area contributed by atoms with Gasteiger partial charge in [0.05, 0.1) is 15.9 Å². The van der Waals surface area contributed by atoms with Gasteiger partial charge in [0.15, 0.2) is 0 Å². The van der Waals surface area contributed by atoms with E-state index >= 15 is 0 Å². The smallest absolute Gasteiger partial charge is 0.123 e. The lowest BCUT2D eigenvalue weighted by molar-refractivity contribution is 0.578. The van der Waals surface area contributed by atoms with Crippen molar-refractivity contribution in [2.24, 2.45) is 5.73 Å². The number of aromatic nitrogens is 2. The molecule has 21 heavy (non-hydrogen) atoms. The summed E-state index contributed by atoms with van der Waals surface area (Å²) in [4.78, 5) is 0. The standard InChI is InChI=1S/C16H21BrFN3/c1-3-14-16(17)15(21(4-2)20-14)9-12(10-19)11-5-7-13(18)8-6-11/h5-8,12H,3-4,9-10,19H2,1-2H3. The van der Waals surface area contributed by atoms with Crippen LogP contribution in [0.3, 0.4) is 0 Å². The van der Waals surface area contributed by atoms with E-state index in [0.717, 1.165) is 40.8 Å². The van der Waals surface area contributed by atoms with Gasteiger partial charge in [-0.05, 0) is 59.9 Å². The third-order valence-electron chi connectivity index (χ3n) is 3.76. The van der Waals surface area contributed by atoms with Crippen molar-refractivity contribution in [2.75, 3.05) is 6.54 Å². The van der Waals surface area contributed by atoms with Crippen molar-refractivity contribution in [3.63, 3.8) is 0 Å². The highest BCUT2D eigenvalue weighted by atomic mass is 79.9. The Labute approximate surface area is 133 Å². The second-order valence-corrected chi connectivity index (χ2v) is 5.86. The first-order valence-corrected chi connectivity index (χ1v) is 8.09. The van der Waals surface area contributed by atoms with Crippen molar-refractivity contribution in [2.45, 2.75) is 39.2 Å². The van der Waals surface area contributed by atoms with Crippen LogP contribution in [-0.2, 0) is 19.4 Å². The maximum Gasteiger partial charge on any atom is 0.123 e. The summed E-state index contributed by atoms with van der Waals surface area (Å²) in [5.41, 5.74) is 9.23. The minimum atomic E-state index is -0.220. The van der Waals surface area contributed by atoms with Gasteiger partial charge in [-0.25, -0.2) is 4.39 Å². The summed E-state index contributed by atoms with van der Waals surface area (Å²) >= 11 is 3.66. The van der Waals surface area contributed by atoms with E-state index in [9.17, 15) is 4.39 Å². The molecule has 5 heteroatoms. The van der Waals surface area contributed by atoms with Crippen LogP contribution in [0.1, 0.15) is 36.7 Å². The Balaban J connectivity index is 2.30. The first-order chi connectivity index (χ1) is 10.1. The molecule has 3 nitrogen and oxygen atoms in total. The minimum absolute atomic E-state index is 0.161. The van der Waals surface area contributed by atoms with Gasteiger partial charge in [-0.1, -0.05) is 19.1 Å². The third-order valence-corrected chi connectivity index (χ3v) is 4.68. The van der Waals surface area contributed by atoms with Gasteiger partial charge in [0.2, 0.25) is 0 Å². The van der Waals surface area contributed by atoms with Crippen molar-refractivity contribution in [3.05, 3.63) is 51.5 Å². The van der Waals surface area contributed by atoms with Gasteiger partial charge in [0.25, 0.3) is 0 Å². The average Bonchev–Trinajstić information content (AvgIpc) is 2.81. The van der Waals surface area contributed by atoms with Crippen molar-refractivity contribution < 1.29 is 4.39 Å². The quantitative estimate of drug-likeness (QED) is 0.861. The zero-order chi connectivity index (χ0) is 15.4. The van der Waals surface area contributed by atoms with E-state index in [4.69, 9.17) is 5.73 Å². The lowest BCUT2D eigenvalue weighted by atomic mass is 9.94. The number of rotatable bonds is 6. The predicted molar refractivity (Wildman–Crippen MR) is 86.9 cm³/mol. The molecule has 114 valence electrons. The van der Waals surface area contributed by atoms with Crippen LogP contribution in [0.4, 0.5) is 4.39 Å². The van der Waals surface area contributed by atoms with Gasteiger partial charge in [0, 0.05) is 12.5 Å². The maximum atomic E-state index is 13.1. The molecule has 0 aliphatic carbocycles. The van der Waals surface area contributed by atoms with E-state index in [2.05, 4.69) is 34.9 Å². The molecule has 0 radical (unpaired) electrons. The molecular formula is C16H21BrFN3. The summed E-state index contributed by atoms with van der Waals surface area (Å²) in [6, 6.07) is 6.60. The van der Waals surface area contributed by atoms with Crippen LogP contribution >= 0.6 is 15.9 Å². The van der Waals surface area contributed by atoms with Gasteiger partial charge in [-0.3, -0.25) is 4.68 Å². The fraction of sp³-hybridized carbons (Fsp3) is 0.438. The van der Waals surface area contributed by atoms with Crippen molar-refractivity contribution in [1.29, 1.82) is 0 Å². The van der Waals surface area contributed by atoms with Crippen molar-refractivity contribution in [1.82, 2.24) is 9.78 Å². The summed E-state index contributed by atoms with van der Waals surface area (Å²) < 4.78 is 16.2. The summed E-state index contributed by atoms with van der Waals surface area (Å²) in [6.45, 7) is 5.53. The topological polar surface area (TPSA) is 43.8 Å². The molecule has 0 saturated heterocycles. The van der Waals surface area contributed by atoms with Crippen LogP contribution in [0.25, 0.3) is 0 Å². The molecule has 0 fully saturated rings. The van der Waals surface area contributed by atoms with Gasteiger partial charge in [-0.2, -0.15) is 5.10 Å². The third kappa shape index (κ3) is 3.52. The fourth-order valence-corrected chi connectivity index (χ4v) is 3.24. The zero-order valence-corrected chi connectivity index (χ0v) is 14.0. The summed E-state index contributed by atoms with van der Waals surface area (Å²) in [5, 5.41) is 4.61. The van der Waals surface area contributed by atoms with Gasteiger partial charge in [0.1, 0.15) is 5.82 Å². The molecule has 2 aromatic rings. The van der Waals surface area contributed by atoms with E-state index in [1.807, 2.05) is 16.8 Å². The van der Waals surface area contributed by atoms with Crippen molar-refractivity contribution >= 4 is 15.9 Å². The second kappa shape index (κ2) is 7.18. The first kappa shape index (κ1) is 16.2. The highest BCUT2D eigenvalue weighted by Crippen LogP contribution is 2.28. The average molecular weight is 354 g/mol. The molecule has 1 heterocycles.